The molecule has 0 spiro atoms. The van der Waals surface area contributed by atoms with Gasteiger partial charge in [0.05, 0.1) is 5.69 Å². The molecule has 1 saturated heterocycles. The maximum absolute atomic E-state index is 12.3. The third-order valence-corrected chi connectivity index (χ3v) is 4.08. The van der Waals surface area contributed by atoms with E-state index in [2.05, 4.69) is 5.10 Å². The van der Waals surface area contributed by atoms with E-state index in [9.17, 15) is 9.59 Å². The standard InChI is InChI=1S/C18H21N3O3/c22-17-11-10-16(19-21(17)15-8-4-3-5-9-15)24-14-18(23)20-12-6-1-2-7-13-20/h3-5,8-11H,1-2,6-7,12-14H2. The van der Waals surface area contributed by atoms with Crippen molar-refractivity contribution in [1.29, 1.82) is 0 Å². The summed E-state index contributed by atoms with van der Waals surface area (Å²) in [6.45, 7) is 1.53. The van der Waals surface area contributed by atoms with Crippen LogP contribution in [0.1, 0.15) is 25.7 Å². The Morgan fingerprint density at radius 2 is 1.71 bits per heavy atom. The average Bonchev–Trinajstić information content (AvgIpc) is 2.91. The van der Waals surface area contributed by atoms with Crippen LogP contribution in [0.25, 0.3) is 5.69 Å². The van der Waals surface area contributed by atoms with Crippen LogP contribution in [0.2, 0.25) is 0 Å². The van der Waals surface area contributed by atoms with Gasteiger partial charge in [-0.15, -0.1) is 5.10 Å². The van der Waals surface area contributed by atoms with Crippen molar-refractivity contribution >= 4 is 5.91 Å². The number of para-hydroxylation sites is 1. The zero-order valence-corrected chi connectivity index (χ0v) is 13.6. The first-order valence-electron chi connectivity index (χ1n) is 8.30. The zero-order chi connectivity index (χ0) is 16.8. The second-order valence-electron chi connectivity index (χ2n) is 5.84. The van der Waals surface area contributed by atoms with E-state index in [4.69, 9.17) is 4.74 Å². The van der Waals surface area contributed by atoms with Gasteiger partial charge in [0.15, 0.2) is 6.61 Å². The minimum absolute atomic E-state index is 0.0313. The van der Waals surface area contributed by atoms with Crippen LogP contribution in [0.5, 0.6) is 5.88 Å². The Morgan fingerprint density at radius 1 is 1.00 bits per heavy atom. The molecular formula is C18H21N3O3. The fraction of sp³-hybridized carbons (Fsp3) is 0.389. The second-order valence-corrected chi connectivity index (χ2v) is 5.84. The Morgan fingerprint density at radius 3 is 2.42 bits per heavy atom. The number of hydrogen-bond donors (Lipinski definition) is 0. The first-order chi connectivity index (χ1) is 11.7. The maximum atomic E-state index is 12.3. The summed E-state index contributed by atoms with van der Waals surface area (Å²) < 4.78 is 6.79. The van der Waals surface area contributed by atoms with Crippen LogP contribution >= 0.6 is 0 Å². The van der Waals surface area contributed by atoms with Crippen molar-refractivity contribution in [2.24, 2.45) is 0 Å². The fourth-order valence-electron chi connectivity index (χ4n) is 2.77. The topological polar surface area (TPSA) is 64.4 Å². The molecule has 0 aliphatic carbocycles. The average molecular weight is 327 g/mol. The van der Waals surface area contributed by atoms with E-state index in [-0.39, 0.29) is 24.0 Å². The number of aromatic nitrogens is 2. The smallest absolute Gasteiger partial charge is 0.271 e. The summed E-state index contributed by atoms with van der Waals surface area (Å²) in [7, 11) is 0. The molecule has 1 amide bonds. The van der Waals surface area contributed by atoms with Gasteiger partial charge in [0.25, 0.3) is 11.5 Å². The number of carbonyl (C=O) groups is 1. The van der Waals surface area contributed by atoms with E-state index < -0.39 is 0 Å². The number of rotatable bonds is 4. The van der Waals surface area contributed by atoms with Gasteiger partial charge in [-0.05, 0) is 25.0 Å². The highest BCUT2D eigenvalue weighted by molar-refractivity contribution is 5.77. The lowest BCUT2D eigenvalue weighted by molar-refractivity contribution is -0.133. The minimum Gasteiger partial charge on any atom is -0.467 e. The van der Waals surface area contributed by atoms with Crippen molar-refractivity contribution in [1.82, 2.24) is 14.7 Å². The number of nitrogens with zero attached hydrogens (tertiary/aromatic N) is 3. The van der Waals surface area contributed by atoms with Crippen LogP contribution in [-0.2, 0) is 4.79 Å². The molecule has 1 fully saturated rings. The van der Waals surface area contributed by atoms with Gasteiger partial charge in [0.2, 0.25) is 5.88 Å². The van der Waals surface area contributed by atoms with E-state index >= 15 is 0 Å². The molecule has 0 N–H and O–H groups in total. The van der Waals surface area contributed by atoms with E-state index in [1.165, 1.54) is 29.7 Å². The molecule has 0 saturated carbocycles. The van der Waals surface area contributed by atoms with E-state index in [0.29, 0.717) is 5.69 Å². The molecule has 0 atom stereocenters. The fourth-order valence-corrected chi connectivity index (χ4v) is 2.77. The van der Waals surface area contributed by atoms with Crippen molar-refractivity contribution in [3.63, 3.8) is 0 Å². The number of carbonyl (C=O) groups excluding carboxylic acids is 1. The van der Waals surface area contributed by atoms with Crippen LogP contribution in [0, 0.1) is 0 Å². The highest BCUT2D eigenvalue weighted by Crippen LogP contribution is 2.11. The lowest BCUT2D eigenvalue weighted by Gasteiger charge is -2.20. The normalized spacial score (nSPS) is 14.9. The SMILES string of the molecule is O=C(COc1ccc(=O)n(-c2ccccc2)n1)N1CCCCCC1. The third kappa shape index (κ3) is 4.01. The van der Waals surface area contributed by atoms with E-state index in [1.807, 2.05) is 23.1 Å². The van der Waals surface area contributed by atoms with E-state index in [0.717, 1.165) is 25.9 Å². The second kappa shape index (κ2) is 7.77. The molecule has 0 unspecified atom stereocenters. The summed E-state index contributed by atoms with van der Waals surface area (Å²) in [5.74, 6) is 0.234. The molecule has 1 aromatic carbocycles. The Hall–Kier alpha value is -2.63. The first kappa shape index (κ1) is 16.2. The largest absolute Gasteiger partial charge is 0.467 e. The molecule has 126 valence electrons. The molecule has 1 aromatic heterocycles. The molecule has 6 nitrogen and oxygen atoms in total. The molecule has 2 heterocycles. The summed E-state index contributed by atoms with van der Waals surface area (Å²) >= 11 is 0. The predicted molar refractivity (Wildman–Crippen MR) is 90.4 cm³/mol. The molecule has 1 aliphatic heterocycles. The third-order valence-electron chi connectivity index (χ3n) is 4.08. The van der Waals surface area contributed by atoms with Gasteiger partial charge in [0, 0.05) is 25.2 Å². The highest BCUT2D eigenvalue weighted by Gasteiger charge is 2.16. The van der Waals surface area contributed by atoms with Crippen molar-refractivity contribution in [3.05, 3.63) is 52.8 Å². The molecule has 0 bridgehead atoms. The van der Waals surface area contributed by atoms with Crippen LogP contribution in [0.15, 0.2) is 47.3 Å². The molecular weight excluding hydrogens is 306 g/mol. The van der Waals surface area contributed by atoms with Crippen molar-refractivity contribution < 1.29 is 9.53 Å². The van der Waals surface area contributed by atoms with Gasteiger partial charge < -0.3 is 9.64 Å². The van der Waals surface area contributed by atoms with Gasteiger partial charge in [-0.3, -0.25) is 9.59 Å². The van der Waals surface area contributed by atoms with Crippen molar-refractivity contribution in [3.8, 4) is 11.6 Å². The number of ether oxygens (including phenoxy) is 1. The van der Waals surface area contributed by atoms with Crippen LogP contribution in [0.4, 0.5) is 0 Å². The Bertz CT molecular complexity index is 735. The number of amides is 1. The molecule has 1 aliphatic rings. The summed E-state index contributed by atoms with van der Waals surface area (Å²) in [5.41, 5.74) is 0.416. The van der Waals surface area contributed by atoms with Gasteiger partial charge in [-0.1, -0.05) is 31.0 Å². The molecule has 3 rings (SSSR count). The predicted octanol–water partition coefficient (Wildman–Crippen LogP) is 2.01. The summed E-state index contributed by atoms with van der Waals surface area (Å²) in [5, 5.41) is 4.19. The summed E-state index contributed by atoms with van der Waals surface area (Å²) in [6, 6.07) is 12.0. The Labute approximate surface area is 140 Å². The van der Waals surface area contributed by atoms with Crippen molar-refractivity contribution in [2.45, 2.75) is 25.7 Å². The van der Waals surface area contributed by atoms with Crippen LogP contribution in [0.3, 0.4) is 0 Å². The van der Waals surface area contributed by atoms with Gasteiger partial charge in [-0.2, -0.15) is 4.68 Å². The number of hydrogen-bond acceptors (Lipinski definition) is 4. The minimum atomic E-state index is -0.243. The van der Waals surface area contributed by atoms with Gasteiger partial charge in [-0.25, -0.2) is 0 Å². The molecule has 2 aromatic rings. The number of benzene rings is 1. The van der Waals surface area contributed by atoms with Gasteiger partial charge in [0.1, 0.15) is 0 Å². The highest BCUT2D eigenvalue weighted by atomic mass is 16.5. The van der Waals surface area contributed by atoms with Gasteiger partial charge >= 0.3 is 0 Å². The summed E-state index contributed by atoms with van der Waals surface area (Å²) in [6.07, 6.45) is 4.44. The monoisotopic (exact) mass is 327 g/mol. The molecule has 0 radical (unpaired) electrons. The van der Waals surface area contributed by atoms with Crippen molar-refractivity contribution in [2.75, 3.05) is 19.7 Å². The Kier molecular flexibility index (Phi) is 5.25. The van der Waals surface area contributed by atoms with Crippen LogP contribution in [-0.4, -0.2) is 40.3 Å². The molecule has 6 heteroatoms. The zero-order valence-electron chi connectivity index (χ0n) is 13.6. The molecule has 24 heavy (non-hydrogen) atoms. The lowest BCUT2D eigenvalue weighted by Crippen LogP contribution is -2.35. The van der Waals surface area contributed by atoms with E-state index in [1.54, 1.807) is 12.1 Å². The quantitative estimate of drug-likeness (QED) is 0.862. The summed E-state index contributed by atoms with van der Waals surface area (Å²) in [4.78, 5) is 26.1. The maximum Gasteiger partial charge on any atom is 0.271 e. The lowest BCUT2D eigenvalue weighted by atomic mass is 10.2. The number of likely N-dealkylation sites (tertiary alicyclic amines) is 1. The Balaban J connectivity index is 1.67. The van der Waals surface area contributed by atoms with Crippen LogP contribution < -0.4 is 10.3 Å². The first-order valence-corrected chi connectivity index (χ1v) is 8.30.